The minimum Gasteiger partial charge on any atom is -0.480 e. The number of aliphatic carboxylic acids is 1. The lowest BCUT2D eigenvalue weighted by molar-refractivity contribution is -0.155. The Bertz CT molecular complexity index is 569. The lowest BCUT2D eigenvalue weighted by atomic mass is 9.81. The van der Waals surface area contributed by atoms with Crippen LogP contribution in [0.15, 0.2) is 30.3 Å². The summed E-state index contributed by atoms with van der Waals surface area (Å²) in [5.74, 6) is -1.96. The summed E-state index contributed by atoms with van der Waals surface area (Å²) in [4.78, 5) is 37.2. The molecule has 0 saturated carbocycles. The van der Waals surface area contributed by atoms with E-state index in [0.717, 1.165) is 10.5 Å². The van der Waals surface area contributed by atoms with Crippen LogP contribution in [0.1, 0.15) is 38.7 Å². The highest BCUT2D eigenvalue weighted by molar-refractivity contribution is 6.10. The number of carboxylic acid groups (broad SMARTS) is 1. The summed E-state index contributed by atoms with van der Waals surface area (Å²) >= 11 is 0. The van der Waals surface area contributed by atoms with Crippen molar-refractivity contribution in [2.24, 2.45) is 0 Å². The molecular formula is C16H19NO4. The molecule has 2 atom stereocenters. The fourth-order valence-electron chi connectivity index (χ4n) is 2.83. The van der Waals surface area contributed by atoms with Crippen LogP contribution in [-0.2, 0) is 19.8 Å². The molecule has 1 saturated heterocycles. The van der Waals surface area contributed by atoms with Crippen molar-refractivity contribution in [3.8, 4) is 0 Å². The summed E-state index contributed by atoms with van der Waals surface area (Å²) in [7, 11) is 0. The number of imide groups is 1. The van der Waals surface area contributed by atoms with E-state index in [9.17, 15) is 19.5 Å². The molecule has 1 N–H and O–H groups in total. The third-order valence-corrected chi connectivity index (χ3v) is 4.03. The van der Waals surface area contributed by atoms with E-state index in [1.807, 2.05) is 25.1 Å². The normalized spacial score (nSPS) is 23.4. The second-order valence-corrected chi connectivity index (χ2v) is 5.59. The molecule has 0 aromatic heterocycles. The maximum Gasteiger partial charge on any atom is 0.326 e. The monoisotopic (exact) mass is 289 g/mol. The number of carbonyl (C=O) groups is 3. The van der Waals surface area contributed by atoms with E-state index < -0.39 is 29.2 Å². The third-order valence-electron chi connectivity index (χ3n) is 4.03. The number of hydrogen-bond donors (Lipinski definition) is 1. The lowest BCUT2D eigenvalue weighted by Crippen LogP contribution is -2.47. The van der Waals surface area contributed by atoms with Crippen LogP contribution in [0.2, 0.25) is 0 Å². The van der Waals surface area contributed by atoms with Gasteiger partial charge in [0.25, 0.3) is 0 Å². The molecule has 21 heavy (non-hydrogen) atoms. The van der Waals surface area contributed by atoms with Crippen molar-refractivity contribution in [2.75, 3.05) is 0 Å². The number of nitrogens with zero attached hydrogens (tertiary/aromatic N) is 1. The van der Waals surface area contributed by atoms with E-state index in [4.69, 9.17) is 0 Å². The molecule has 1 aliphatic rings. The van der Waals surface area contributed by atoms with Gasteiger partial charge in [0.15, 0.2) is 0 Å². The molecule has 1 aromatic rings. The predicted octanol–water partition coefficient (Wildman–Crippen LogP) is 1.96. The number of amides is 2. The van der Waals surface area contributed by atoms with Gasteiger partial charge in [-0.2, -0.15) is 0 Å². The predicted molar refractivity (Wildman–Crippen MR) is 76.6 cm³/mol. The van der Waals surface area contributed by atoms with Crippen molar-refractivity contribution < 1.29 is 19.5 Å². The van der Waals surface area contributed by atoms with Crippen LogP contribution in [0, 0.1) is 0 Å². The summed E-state index contributed by atoms with van der Waals surface area (Å²) < 4.78 is 0. The maximum atomic E-state index is 12.7. The standard InChI is InChI=1S/C16H19NO4/c1-3-7-12(14(19)20)17-13(18)10-16(2,15(17)21)11-8-5-4-6-9-11/h4-6,8-9,12H,3,7,10H2,1-2H3,(H,19,20). The van der Waals surface area contributed by atoms with Crippen LogP contribution < -0.4 is 0 Å². The number of carbonyl (C=O) groups excluding carboxylic acids is 2. The Balaban J connectivity index is 2.38. The first-order chi connectivity index (χ1) is 9.91. The number of likely N-dealkylation sites (tertiary alicyclic amines) is 1. The minimum absolute atomic E-state index is 0.0172. The Morgan fingerprint density at radius 2 is 1.95 bits per heavy atom. The summed E-state index contributed by atoms with van der Waals surface area (Å²) in [6, 6.07) is 7.97. The Hall–Kier alpha value is -2.17. The van der Waals surface area contributed by atoms with Gasteiger partial charge in [-0.1, -0.05) is 43.7 Å². The van der Waals surface area contributed by atoms with E-state index >= 15 is 0 Å². The number of rotatable bonds is 5. The summed E-state index contributed by atoms with van der Waals surface area (Å²) in [5, 5.41) is 9.29. The number of hydrogen-bond acceptors (Lipinski definition) is 3. The lowest BCUT2D eigenvalue weighted by Gasteiger charge is -2.26. The Morgan fingerprint density at radius 1 is 1.33 bits per heavy atom. The van der Waals surface area contributed by atoms with Gasteiger partial charge in [0.2, 0.25) is 11.8 Å². The van der Waals surface area contributed by atoms with Crippen LogP contribution in [0.4, 0.5) is 0 Å². The molecule has 1 aromatic carbocycles. The van der Waals surface area contributed by atoms with Gasteiger partial charge < -0.3 is 5.11 Å². The fraction of sp³-hybridized carbons (Fsp3) is 0.438. The zero-order valence-corrected chi connectivity index (χ0v) is 12.2. The van der Waals surface area contributed by atoms with Crippen molar-refractivity contribution in [2.45, 2.75) is 44.6 Å². The van der Waals surface area contributed by atoms with Crippen LogP contribution in [0.5, 0.6) is 0 Å². The van der Waals surface area contributed by atoms with Crippen molar-refractivity contribution >= 4 is 17.8 Å². The highest BCUT2D eigenvalue weighted by Crippen LogP contribution is 2.37. The Kier molecular flexibility index (Phi) is 4.11. The second kappa shape index (κ2) is 5.68. The summed E-state index contributed by atoms with van der Waals surface area (Å²) in [6.45, 7) is 3.53. The molecule has 1 fully saturated rings. The van der Waals surface area contributed by atoms with Crippen molar-refractivity contribution in [1.82, 2.24) is 4.90 Å². The number of carboxylic acids is 1. The zero-order chi connectivity index (χ0) is 15.6. The molecule has 2 amide bonds. The SMILES string of the molecule is CCCC(C(=O)O)N1C(=O)CC(C)(c2ccccc2)C1=O. The molecule has 0 aliphatic carbocycles. The maximum absolute atomic E-state index is 12.7. The molecular weight excluding hydrogens is 270 g/mol. The highest BCUT2D eigenvalue weighted by atomic mass is 16.4. The molecule has 2 unspecified atom stereocenters. The van der Waals surface area contributed by atoms with Crippen molar-refractivity contribution in [3.05, 3.63) is 35.9 Å². The Labute approximate surface area is 123 Å². The van der Waals surface area contributed by atoms with Gasteiger partial charge in [-0.05, 0) is 18.9 Å². The molecule has 0 spiro atoms. The van der Waals surface area contributed by atoms with Gasteiger partial charge >= 0.3 is 5.97 Å². The van der Waals surface area contributed by atoms with Crippen molar-refractivity contribution in [1.29, 1.82) is 0 Å². The largest absolute Gasteiger partial charge is 0.480 e. The summed E-state index contributed by atoms with van der Waals surface area (Å²) in [5.41, 5.74) is -0.230. The average Bonchev–Trinajstić information content (AvgIpc) is 2.69. The van der Waals surface area contributed by atoms with E-state index in [1.54, 1.807) is 19.1 Å². The molecule has 5 heteroatoms. The molecule has 0 radical (unpaired) electrons. The summed E-state index contributed by atoms with van der Waals surface area (Å²) in [6.07, 6.45) is 0.886. The Morgan fingerprint density at radius 3 is 2.48 bits per heavy atom. The first kappa shape index (κ1) is 15.2. The minimum atomic E-state index is -1.13. The second-order valence-electron chi connectivity index (χ2n) is 5.59. The van der Waals surface area contributed by atoms with E-state index in [1.165, 1.54) is 0 Å². The smallest absolute Gasteiger partial charge is 0.326 e. The topological polar surface area (TPSA) is 74.7 Å². The van der Waals surface area contributed by atoms with Crippen LogP contribution in [0.25, 0.3) is 0 Å². The fourth-order valence-corrected chi connectivity index (χ4v) is 2.83. The average molecular weight is 289 g/mol. The first-order valence-electron chi connectivity index (χ1n) is 7.06. The molecule has 0 bridgehead atoms. The molecule has 112 valence electrons. The molecule has 2 rings (SSSR count). The van der Waals surface area contributed by atoms with Gasteiger partial charge in [0.1, 0.15) is 6.04 Å². The van der Waals surface area contributed by atoms with Gasteiger partial charge in [0, 0.05) is 6.42 Å². The first-order valence-corrected chi connectivity index (χ1v) is 7.06. The van der Waals surface area contributed by atoms with Gasteiger partial charge in [-0.3, -0.25) is 14.5 Å². The van der Waals surface area contributed by atoms with Crippen LogP contribution in [0.3, 0.4) is 0 Å². The number of benzene rings is 1. The van der Waals surface area contributed by atoms with E-state index in [-0.39, 0.29) is 12.8 Å². The van der Waals surface area contributed by atoms with Crippen molar-refractivity contribution in [3.63, 3.8) is 0 Å². The van der Waals surface area contributed by atoms with Gasteiger partial charge in [-0.25, -0.2) is 4.79 Å². The molecule has 5 nitrogen and oxygen atoms in total. The highest BCUT2D eigenvalue weighted by Gasteiger charge is 2.52. The van der Waals surface area contributed by atoms with E-state index in [2.05, 4.69) is 0 Å². The molecule has 1 aliphatic heterocycles. The van der Waals surface area contributed by atoms with Crippen LogP contribution >= 0.6 is 0 Å². The molecule has 1 heterocycles. The van der Waals surface area contributed by atoms with E-state index in [0.29, 0.717) is 6.42 Å². The third kappa shape index (κ3) is 2.55. The van der Waals surface area contributed by atoms with Gasteiger partial charge in [-0.15, -0.1) is 0 Å². The quantitative estimate of drug-likeness (QED) is 0.841. The van der Waals surface area contributed by atoms with Gasteiger partial charge in [0.05, 0.1) is 5.41 Å². The zero-order valence-electron chi connectivity index (χ0n) is 12.2. The van der Waals surface area contributed by atoms with Crippen LogP contribution in [-0.4, -0.2) is 33.8 Å².